The zero-order valence-electron chi connectivity index (χ0n) is 29.2. The summed E-state index contributed by atoms with van der Waals surface area (Å²) in [5.41, 5.74) is 14.5. The maximum Gasteiger partial charge on any atom is 0.164 e. The Morgan fingerprint density at radius 1 is 0.377 bits per heavy atom. The minimum absolute atomic E-state index is 0.136. The topological polar surface area (TPSA) is 77.3 Å². The van der Waals surface area contributed by atoms with Gasteiger partial charge in [0.1, 0.15) is 0 Å². The van der Waals surface area contributed by atoms with E-state index in [1.807, 2.05) is 72.9 Å². The van der Waals surface area contributed by atoms with Gasteiger partial charge in [-0.2, -0.15) is 0 Å². The Morgan fingerprint density at radius 2 is 0.981 bits per heavy atom. The van der Waals surface area contributed by atoms with Crippen molar-refractivity contribution in [3.05, 3.63) is 169 Å². The van der Waals surface area contributed by atoms with E-state index >= 15 is 0 Å². The van der Waals surface area contributed by atoms with Gasteiger partial charge in [-0.3, -0.25) is 15.0 Å². The van der Waals surface area contributed by atoms with Crippen LogP contribution >= 0.6 is 0 Å². The molecule has 10 rings (SSSR count). The summed E-state index contributed by atoms with van der Waals surface area (Å²) in [7, 11) is 0. The first-order valence-corrected chi connectivity index (χ1v) is 17.8. The highest BCUT2D eigenvalue weighted by atomic mass is 15.0. The standard InChI is InChI=1S/C47H32N6/c1-47(2)39-18-10-9-16-35(39)36-20-19-31(27-40(36)47)32-24-33(38-28-41-43(50-23-22-48-41)37-17-11-21-49-42(37)38)26-34(25-32)46-52-44(29-12-5-3-6-13-29)51-45(53-46)30-14-7-4-8-15-30/h3-28H,1-2H3. The lowest BCUT2D eigenvalue weighted by atomic mass is 9.81. The highest BCUT2D eigenvalue weighted by Gasteiger charge is 2.35. The van der Waals surface area contributed by atoms with Gasteiger partial charge in [0.2, 0.25) is 0 Å². The van der Waals surface area contributed by atoms with Crippen LogP contribution in [0.5, 0.6) is 0 Å². The minimum atomic E-state index is -0.136. The first-order valence-electron chi connectivity index (χ1n) is 17.8. The number of hydrogen-bond acceptors (Lipinski definition) is 6. The van der Waals surface area contributed by atoms with Crippen LogP contribution in [0.3, 0.4) is 0 Å². The van der Waals surface area contributed by atoms with E-state index in [4.69, 9.17) is 24.9 Å². The molecule has 0 bridgehead atoms. The molecule has 3 heterocycles. The van der Waals surface area contributed by atoms with E-state index in [1.54, 1.807) is 12.4 Å². The molecule has 1 aliphatic carbocycles. The lowest BCUT2D eigenvalue weighted by Gasteiger charge is -2.22. The zero-order valence-corrected chi connectivity index (χ0v) is 29.2. The zero-order chi connectivity index (χ0) is 35.5. The molecule has 250 valence electrons. The van der Waals surface area contributed by atoms with Crippen LogP contribution in [0, 0.1) is 0 Å². The molecule has 0 amide bonds. The van der Waals surface area contributed by atoms with Crippen molar-refractivity contribution in [3.63, 3.8) is 0 Å². The second kappa shape index (κ2) is 12.1. The van der Waals surface area contributed by atoms with Crippen molar-refractivity contribution in [3.8, 4) is 67.5 Å². The van der Waals surface area contributed by atoms with Gasteiger partial charge in [-0.25, -0.2) is 15.0 Å². The van der Waals surface area contributed by atoms with Crippen LogP contribution in [-0.4, -0.2) is 29.9 Å². The van der Waals surface area contributed by atoms with Crippen LogP contribution in [0.15, 0.2) is 158 Å². The summed E-state index contributed by atoms with van der Waals surface area (Å²) < 4.78 is 0. The lowest BCUT2D eigenvalue weighted by molar-refractivity contribution is 0.660. The first-order chi connectivity index (χ1) is 26.0. The maximum absolute atomic E-state index is 5.13. The Bertz CT molecular complexity index is 2810. The van der Waals surface area contributed by atoms with E-state index in [9.17, 15) is 0 Å². The quantitative estimate of drug-likeness (QED) is 0.168. The Kier molecular flexibility index (Phi) is 7.05. The molecule has 0 saturated heterocycles. The van der Waals surface area contributed by atoms with Crippen LogP contribution < -0.4 is 0 Å². The Morgan fingerprint density at radius 3 is 1.74 bits per heavy atom. The van der Waals surface area contributed by atoms with E-state index in [2.05, 4.69) is 91.6 Å². The molecule has 0 atom stereocenters. The van der Waals surface area contributed by atoms with Gasteiger partial charge in [0.05, 0.1) is 16.6 Å². The molecule has 0 N–H and O–H groups in total. The molecule has 0 saturated carbocycles. The van der Waals surface area contributed by atoms with Gasteiger partial charge >= 0.3 is 0 Å². The third-order valence-corrected chi connectivity index (χ3v) is 10.4. The number of fused-ring (bicyclic) bond motifs is 6. The van der Waals surface area contributed by atoms with Crippen molar-refractivity contribution < 1.29 is 0 Å². The van der Waals surface area contributed by atoms with Gasteiger partial charge in [-0.15, -0.1) is 0 Å². The Hall–Kier alpha value is -6.92. The molecule has 1 aliphatic rings. The predicted octanol–water partition coefficient (Wildman–Crippen LogP) is 11.0. The molecule has 0 fully saturated rings. The average Bonchev–Trinajstić information content (AvgIpc) is 3.46. The van der Waals surface area contributed by atoms with Crippen molar-refractivity contribution >= 4 is 21.9 Å². The summed E-state index contributed by atoms with van der Waals surface area (Å²) in [4.78, 5) is 29.5. The minimum Gasteiger partial charge on any atom is -0.256 e. The molecule has 0 spiro atoms. The normalized spacial score (nSPS) is 12.9. The Balaban J connectivity index is 1.24. The summed E-state index contributed by atoms with van der Waals surface area (Å²) in [6.07, 6.45) is 5.31. The van der Waals surface area contributed by atoms with Crippen molar-refractivity contribution in [1.29, 1.82) is 0 Å². The van der Waals surface area contributed by atoms with Crippen LogP contribution in [0.25, 0.3) is 89.5 Å². The van der Waals surface area contributed by atoms with Crippen LogP contribution in [0.2, 0.25) is 0 Å². The smallest absolute Gasteiger partial charge is 0.164 e. The molecule has 6 nitrogen and oxygen atoms in total. The van der Waals surface area contributed by atoms with Gasteiger partial charge in [-0.1, -0.05) is 111 Å². The van der Waals surface area contributed by atoms with Crippen molar-refractivity contribution in [2.45, 2.75) is 19.3 Å². The molecule has 6 aromatic carbocycles. The number of rotatable bonds is 5. The Labute approximate surface area is 307 Å². The predicted molar refractivity (Wildman–Crippen MR) is 213 cm³/mol. The van der Waals surface area contributed by atoms with Crippen LogP contribution in [0.1, 0.15) is 25.0 Å². The number of aromatic nitrogens is 6. The molecule has 0 unspecified atom stereocenters. The van der Waals surface area contributed by atoms with E-state index < -0.39 is 0 Å². The summed E-state index contributed by atoms with van der Waals surface area (Å²) >= 11 is 0. The third kappa shape index (κ3) is 5.18. The van der Waals surface area contributed by atoms with Gasteiger partial charge < -0.3 is 0 Å². The van der Waals surface area contributed by atoms with Crippen LogP contribution in [-0.2, 0) is 5.41 Å². The lowest BCUT2D eigenvalue weighted by Crippen LogP contribution is -2.14. The summed E-state index contributed by atoms with van der Waals surface area (Å²) in [6.45, 7) is 4.64. The monoisotopic (exact) mass is 680 g/mol. The van der Waals surface area contributed by atoms with Gasteiger partial charge in [-0.05, 0) is 81.4 Å². The van der Waals surface area contributed by atoms with E-state index in [1.165, 1.54) is 22.3 Å². The van der Waals surface area contributed by atoms with E-state index in [0.717, 1.165) is 60.9 Å². The molecular formula is C47H32N6. The molecular weight excluding hydrogens is 649 g/mol. The highest BCUT2D eigenvalue weighted by Crippen LogP contribution is 2.50. The fourth-order valence-electron chi connectivity index (χ4n) is 7.80. The van der Waals surface area contributed by atoms with Crippen LogP contribution in [0.4, 0.5) is 0 Å². The fourth-order valence-corrected chi connectivity index (χ4v) is 7.80. The number of hydrogen-bond donors (Lipinski definition) is 0. The maximum atomic E-state index is 5.13. The molecule has 0 aliphatic heterocycles. The van der Waals surface area contributed by atoms with Gasteiger partial charge in [0.15, 0.2) is 17.5 Å². The fraction of sp³-hybridized carbons (Fsp3) is 0.0638. The molecule has 9 aromatic rings. The van der Waals surface area contributed by atoms with Crippen molar-refractivity contribution in [2.75, 3.05) is 0 Å². The first kappa shape index (κ1) is 30.9. The second-order valence-corrected chi connectivity index (χ2v) is 14.0. The average molecular weight is 681 g/mol. The molecule has 53 heavy (non-hydrogen) atoms. The summed E-state index contributed by atoms with van der Waals surface area (Å²) in [5.74, 6) is 1.82. The highest BCUT2D eigenvalue weighted by molar-refractivity contribution is 6.09. The number of nitrogens with zero attached hydrogens (tertiary/aromatic N) is 6. The second-order valence-electron chi connectivity index (χ2n) is 14.0. The SMILES string of the molecule is CC1(C)c2ccccc2-c2ccc(-c3cc(-c4nc(-c5ccccc5)nc(-c5ccccc5)n4)cc(-c4cc5nccnc5c5cccnc45)c3)cc21. The van der Waals surface area contributed by atoms with Gasteiger partial charge in [0.25, 0.3) is 0 Å². The largest absolute Gasteiger partial charge is 0.256 e. The third-order valence-electron chi connectivity index (χ3n) is 10.4. The van der Waals surface area contributed by atoms with Gasteiger partial charge in [0, 0.05) is 51.6 Å². The van der Waals surface area contributed by atoms with E-state index in [-0.39, 0.29) is 5.41 Å². The summed E-state index contributed by atoms with van der Waals surface area (Å²) in [6, 6.07) is 48.5. The molecule has 3 aromatic heterocycles. The molecule has 0 radical (unpaired) electrons. The molecule has 6 heteroatoms. The van der Waals surface area contributed by atoms with Crippen molar-refractivity contribution in [2.24, 2.45) is 0 Å². The van der Waals surface area contributed by atoms with E-state index in [0.29, 0.717) is 17.5 Å². The summed E-state index contributed by atoms with van der Waals surface area (Å²) in [5, 5.41) is 0.954. The number of pyridine rings is 1. The van der Waals surface area contributed by atoms with Crippen molar-refractivity contribution in [1.82, 2.24) is 29.9 Å². The number of benzene rings is 6.